The summed E-state index contributed by atoms with van der Waals surface area (Å²) in [4.78, 5) is 16.0. The summed E-state index contributed by atoms with van der Waals surface area (Å²) < 4.78 is 49.3. The fraction of sp³-hybridized carbons (Fsp3) is 0.100. The minimum Gasteiger partial charge on any atom is -0.495 e. The molecule has 0 saturated heterocycles. The number of alkyl halides is 3. The monoisotopic (exact) mass is 418 g/mol. The van der Waals surface area contributed by atoms with Crippen LogP contribution in [0.3, 0.4) is 0 Å². The first-order chi connectivity index (χ1) is 14.3. The lowest BCUT2D eigenvalue weighted by atomic mass is 10.2. The second-order valence-corrected chi connectivity index (χ2v) is 5.93. The Morgan fingerprint density at radius 1 is 0.967 bits per heavy atom. The number of urea groups is 1. The van der Waals surface area contributed by atoms with E-state index >= 15 is 0 Å². The van der Waals surface area contributed by atoms with Gasteiger partial charge < -0.3 is 14.8 Å². The Bertz CT molecular complexity index is 996. The summed E-state index contributed by atoms with van der Waals surface area (Å²) in [6.45, 7) is 0. The number of aromatic nitrogens is 1. The lowest BCUT2D eigenvalue weighted by Gasteiger charge is -2.15. The number of amides is 2. The Labute approximate surface area is 169 Å². The molecule has 0 saturated carbocycles. The van der Waals surface area contributed by atoms with Gasteiger partial charge in [-0.25, -0.2) is 4.79 Å². The van der Waals surface area contributed by atoms with Crippen LogP contribution >= 0.6 is 0 Å². The number of methoxy groups -OCH3 is 1. The molecule has 3 rings (SSSR count). The van der Waals surface area contributed by atoms with E-state index in [2.05, 4.69) is 21.2 Å². The maximum atomic E-state index is 12.9. The lowest BCUT2D eigenvalue weighted by Crippen LogP contribution is -2.33. The molecule has 1 heterocycles. The van der Waals surface area contributed by atoms with Crippen molar-refractivity contribution in [2.45, 2.75) is 6.18 Å². The van der Waals surface area contributed by atoms with Crippen LogP contribution < -0.4 is 25.6 Å². The van der Waals surface area contributed by atoms with Crippen LogP contribution in [0.4, 0.5) is 29.3 Å². The molecule has 0 aliphatic carbocycles. The molecule has 0 spiro atoms. The fourth-order valence-electron chi connectivity index (χ4n) is 2.41. The molecule has 0 aliphatic rings. The third-order valence-electron chi connectivity index (χ3n) is 3.84. The zero-order valence-corrected chi connectivity index (χ0v) is 15.7. The van der Waals surface area contributed by atoms with Gasteiger partial charge in [0.1, 0.15) is 17.2 Å². The molecule has 3 N–H and O–H groups in total. The normalized spacial score (nSPS) is 10.8. The first-order valence-corrected chi connectivity index (χ1v) is 8.61. The summed E-state index contributed by atoms with van der Waals surface area (Å²) >= 11 is 0. The van der Waals surface area contributed by atoms with Crippen molar-refractivity contribution in [1.82, 2.24) is 10.4 Å². The zero-order valence-electron chi connectivity index (χ0n) is 15.7. The molecule has 2 aromatic carbocycles. The number of hydrogen-bond donors (Lipinski definition) is 3. The van der Waals surface area contributed by atoms with E-state index in [1.54, 1.807) is 48.8 Å². The van der Waals surface area contributed by atoms with Crippen molar-refractivity contribution in [3.8, 4) is 17.2 Å². The molecule has 2 amide bonds. The molecule has 0 atom stereocenters. The van der Waals surface area contributed by atoms with E-state index < -0.39 is 17.8 Å². The molecule has 1 aromatic heterocycles. The summed E-state index contributed by atoms with van der Waals surface area (Å²) in [5.74, 6) is 1.29. The highest BCUT2D eigenvalue weighted by atomic mass is 19.4. The predicted molar refractivity (Wildman–Crippen MR) is 105 cm³/mol. The number of rotatable bonds is 6. The molecule has 10 heteroatoms. The van der Waals surface area contributed by atoms with Gasteiger partial charge in [0, 0.05) is 12.4 Å². The van der Waals surface area contributed by atoms with Crippen LogP contribution in [0.5, 0.6) is 17.2 Å². The third-order valence-corrected chi connectivity index (χ3v) is 3.84. The molecular weight excluding hydrogens is 401 g/mol. The minimum atomic E-state index is -4.54. The van der Waals surface area contributed by atoms with Gasteiger partial charge in [0.25, 0.3) is 0 Å². The van der Waals surface area contributed by atoms with Gasteiger partial charge in [-0.05, 0) is 54.6 Å². The van der Waals surface area contributed by atoms with Gasteiger partial charge in [0.2, 0.25) is 0 Å². The second kappa shape index (κ2) is 9.03. The van der Waals surface area contributed by atoms with Crippen molar-refractivity contribution >= 4 is 17.4 Å². The summed E-state index contributed by atoms with van der Waals surface area (Å²) in [6, 6.07) is 12.1. The molecule has 156 valence electrons. The largest absolute Gasteiger partial charge is 0.495 e. The van der Waals surface area contributed by atoms with Crippen LogP contribution in [0.1, 0.15) is 5.56 Å². The van der Waals surface area contributed by atoms with Crippen molar-refractivity contribution in [3.05, 3.63) is 72.6 Å². The highest BCUT2D eigenvalue weighted by molar-refractivity contribution is 5.91. The third kappa shape index (κ3) is 5.53. The maximum absolute atomic E-state index is 12.9. The Balaban J connectivity index is 1.58. The molecule has 7 nitrogen and oxygen atoms in total. The van der Waals surface area contributed by atoms with Gasteiger partial charge in [0.15, 0.2) is 0 Å². The number of benzene rings is 2. The van der Waals surface area contributed by atoms with Gasteiger partial charge in [-0.3, -0.25) is 15.8 Å². The molecule has 0 fully saturated rings. The number of hydrogen-bond acceptors (Lipinski definition) is 5. The van der Waals surface area contributed by atoms with Gasteiger partial charge >= 0.3 is 12.2 Å². The van der Waals surface area contributed by atoms with E-state index in [1.165, 1.54) is 7.11 Å². The van der Waals surface area contributed by atoms with Gasteiger partial charge in [0.05, 0.1) is 24.0 Å². The molecule has 0 aliphatic heterocycles. The number of carbonyl (C=O) groups is 1. The fourth-order valence-corrected chi connectivity index (χ4v) is 2.41. The highest BCUT2D eigenvalue weighted by Crippen LogP contribution is 2.34. The second-order valence-electron chi connectivity index (χ2n) is 5.93. The quantitative estimate of drug-likeness (QED) is 0.488. The van der Waals surface area contributed by atoms with Crippen molar-refractivity contribution in [1.29, 1.82) is 0 Å². The van der Waals surface area contributed by atoms with Gasteiger partial charge in [-0.15, -0.1) is 0 Å². The van der Waals surface area contributed by atoms with E-state index in [0.717, 1.165) is 18.2 Å². The van der Waals surface area contributed by atoms with Gasteiger partial charge in [-0.2, -0.15) is 13.2 Å². The average molecular weight is 418 g/mol. The molecule has 0 radical (unpaired) electrons. The Morgan fingerprint density at radius 3 is 2.27 bits per heavy atom. The lowest BCUT2D eigenvalue weighted by molar-refractivity contribution is -0.137. The van der Waals surface area contributed by atoms with E-state index in [1.807, 2.05) is 0 Å². The summed E-state index contributed by atoms with van der Waals surface area (Å²) in [7, 11) is 1.29. The van der Waals surface area contributed by atoms with Crippen LogP contribution in [-0.4, -0.2) is 18.1 Å². The SMILES string of the molecule is COc1ccc(C(F)(F)F)cc1NC(=O)NNc1ccc(Oc2ccncc2)cc1. The summed E-state index contributed by atoms with van der Waals surface area (Å²) in [5, 5.41) is 2.32. The molecule has 3 aromatic rings. The van der Waals surface area contributed by atoms with Crippen molar-refractivity contribution in [2.24, 2.45) is 0 Å². The molecule has 0 unspecified atom stereocenters. The Morgan fingerprint density at radius 2 is 1.63 bits per heavy atom. The average Bonchev–Trinajstić information content (AvgIpc) is 2.73. The number of nitrogens with one attached hydrogen (secondary N) is 3. The van der Waals surface area contributed by atoms with E-state index in [9.17, 15) is 18.0 Å². The van der Waals surface area contributed by atoms with E-state index in [4.69, 9.17) is 9.47 Å². The smallest absolute Gasteiger partial charge is 0.416 e. The standard InChI is InChI=1S/C20H17F3N4O3/c1-29-18-7-2-13(20(21,22)23)12-17(18)25-19(28)27-26-14-3-5-15(6-4-14)30-16-8-10-24-11-9-16/h2-12,26H,1H3,(H2,25,27,28). The Kier molecular flexibility index (Phi) is 6.26. The first kappa shape index (κ1) is 20.8. The number of hydrazine groups is 1. The van der Waals surface area contributed by atoms with Crippen molar-refractivity contribution < 1.29 is 27.4 Å². The molecular formula is C20H17F3N4O3. The highest BCUT2D eigenvalue weighted by Gasteiger charge is 2.31. The van der Waals surface area contributed by atoms with Gasteiger partial charge in [-0.1, -0.05) is 0 Å². The van der Waals surface area contributed by atoms with Crippen LogP contribution in [0.2, 0.25) is 0 Å². The van der Waals surface area contributed by atoms with E-state index in [-0.39, 0.29) is 11.4 Å². The predicted octanol–water partition coefficient (Wildman–Crippen LogP) is 5.05. The van der Waals surface area contributed by atoms with Crippen molar-refractivity contribution in [2.75, 3.05) is 17.9 Å². The van der Waals surface area contributed by atoms with Crippen LogP contribution in [0, 0.1) is 0 Å². The minimum absolute atomic E-state index is 0.0933. The summed E-state index contributed by atoms with van der Waals surface area (Å²) in [5.41, 5.74) is 4.49. The molecule has 0 bridgehead atoms. The number of pyridine rings is 1. The van der Waals surface area contributed by atoms with Crippen molar-refractivity contribution in [3.63, 3.8) is 0 Å². The van der Waals surface area contributed by atoms with Crippen LogP contribution in [0.15, 0.2) is 67.0 Å². The topological polar surface area (TPSA) is 84.5 Å². The van der Waals surface area contributed by atoms with Crippen LogP contribution in [-0.2, 0) is 6.18 Å². The maximum Gasteiger partial charge on any atom is 0.416 e. The summed E-state index contributed by atoms with van der Waals surface area (Å²) in [6.07, 6.45) is -1.34. The van der Waals surface area contributed by atoms with Crippen LogP contribution in [0.25, 0.3) is 0 Å². The number of nitrogens with zero attached hydrogens (tertiary/aromatic N) is 1. The number of ether oxygens (including phenoxy) is 2. The Hall–Kier alpha value is -3.95. The molecule has 30 heavy (non-hydrogen) atoms. The number of carbonyl (C=O) groups excluding carboxylic acids is 1. The van der Waals surface area contributed by atoms with E-state index in [0.29, 0.717) is 17.2 Å². The first-order valence-electron chi connectivity index (χ1n) is 8.61. The number of anilines is 2. The zero-order chi connectivity index (χ0) is 21.6. The number of halogens is 3.